The van der Waals surface area contributed by atoms with Gasteiger partial charge in [-0.3, -0.25) is 0 Å². The van der Waals surface area contributed by atoms with Gasteiger partial charge in [0.15, 0.2) is 5.69 Å². The Hall–Kier alpha value is -1.59. The van der Waals surface area contributed by atoms with Crippen LogP contribution < -0.4 is 0 Å². The smallest absolute Gasteiger partial charge is 0.433 e. The van der Waals surface area contributed by atoms with E-state index >= 15 is 0 Å². The normalized spacial score (nSPS) is 11.5. The second kappa shape index (κ2) is 3.52. The number of aromatic nitrogens is 1. The van der Waals surface area contributed by atoms with E-state index < -0.39 is 23.5 Å². The third kappa shape index (κ3) is 2.26. The van der Waals surface area contributed by atoms with E-state index in [1.54, 1.807) is 0 Å². The molecule has 6 heteroatoms. The van der Waals surface area contributed by atoms with Crippen molar-refractivity contribution in [2.75, 3.05) is 0 Å². The minimum Gasteiger partial charge on any atom is -0.477 e. The second-order valence-corrected chi connectivity index (χ2v) is 3.12. The molecule has 1 rings (SSSR count). The summed E-state index contributed by atoms with van der Waals surface area (Å²) in [6.07, 6.45) is -4.62. The quantitative estimate of drug-likeness (QED) is 0.789. The molecule has 0 aliphatic rings. The van der Waals surface area contributed by atoms with Crippen molar-refractivity contribution in [3.8, 4) is 0 Å². The molecule has 0 unspecified atom stereocenters. The van der Waals surface area contributed by atoms with E-state index in [0.717, 1.165) is 0 Å². The van der Waals surface area contributed by atoms with E-state index in [-0.39, 0.29) is 11.1 Å². The number of hydrogen-bond acceptors (Lipinski definition) is 2. The highest BCUT2D eigenvalue weighted by molar-refractivity contribution is 5.87. The van der Waals surface area contributed by atoms with Crippen molar-refractivity contribution in [3.05, 3.63) is 28.6 Å². The molecule has 1 aromatic heterocycles. The van der Waals surface area contributed by atoms with Gasteiger partial charge in [0.05, 0.1) is 0 Å². The molecule has 0 spiro atoms. The number of aryl methyl sites for hydroxylation is 2. The van der Waals surface area contributed by atoms with Crippen LogP contribution in [0.15, 0.2) is 6.07 Å². The Kier molecular flexibility index (Phi) is 2.70. The van der Waals surface area contributed by atoms with Crippen LogP contribution in [0.3, 0.4) is 0 Å². The lowest BCUT2D eigenvalue weighted by Crippen LogP contribution is -2.15. The minimum atomic E-state index is -4.62. The van der Waals surface area contributed by atoms with Gasteiger partial charge in [0.1, 0.15) is 5.69 Å². The molecule has 15 heavy (non-hydrogen) atoms. The standard InChI is InChI=1S/C9H8F3NO2/c1-4-3-5(2)7(9(10,11)12)13-6(4)8(14)15/h3H,1-2H3,(H,14,15). The van der Waals surface area contributed by atoms with Crippen molar-refractivity contribution in [3.63, 3.8) is 0 Å². The predicted molar refractivity (Wildman–Crippen MR) is 45.7 cm³/mol. The van der Waals surface area contributed by atoms with Crippen molar-refractivity contribution in [1.29, 1.82) is 0 Å². The second-order valence-electron chi connectivity index (χ2n) is 3.12. The van der Waals surface area contributed by atoms with Gasteiger partial charge in [-0.1, -0.05) is 6.07 Å². The zero-order valence-electron chi connectivity index (χ0n) is 8.01. The molecule has 3 nitrogen and oxygen atoms in total. The molecule has 0 aliphatic heterocycles. The summed E-state index contributed by atoms with van der Waals surface area (Å²) >= 11 is 0. The van der Waals surface area contributed by atoms with Gasteiger partial charge in [-0.2, -0.15) is 13.2 Å². The maximum atomic E-state index is 12.4. The Morgan fingerprint density at radius 1 is 1.33 bits per heavy atom. The number of carboxylic acids is 1. The van der Waals surface area contributed by atoms with E-state index in [2.05, 4.69) is 4.98 Å². The summed E-state index contributed by atoms with van der Waals surface area (Å²) in [7, 11) is 0. The number of aromatic carboxylic acids is 1. The molecule has 0 fully saturated rings. The molecule has 82 valence electrons. The van der Waals surface area contributed by atoms with Gasteiger partial charge in [0.2, 0.25) is 0 Å². The Balaban J connectivity index is 3.43. The van der Waals surface area contributed by atoms with Crippen molar-refractivity contribution in [2.45, 2.75) is 20.0 Å². The molecule has 0 aliphatic carbocycles. The van der Waals surface area contributed by atoms with Gasteiger partial charge >= 0.3 is 12.1 Å². The molecule has 1 N–H and O–H groups in total. The topological polar surface area (TPSA) is 50.2 Å². The first kappa shape index (κ1) is 11.5. The number of carboxylic acid groups (broad SMARTS) is 1. The van der Waals surface area contributed by atoms with Crippen molar-refractivity contribution in [2.24, 2.45) is 0 Å². The van der Waals surface area contributed by atoms with Crippen molar-refractivity contribution in [1.82, 2.24) is 4.98 Å². The van der Waals surface area contributed by atoms with Gasteiger partial charge in [-0.25, -0.2) is 9.78 Å². The summed E-state index contributed by atoms with van der Waals surface area (Å²) in [5.74, 6) is -1.46. The zero-order valence-corrected chi connectivity index (χ0v) is 8.01. The molecule has 0 saturated heterocycles. The third-order valence-corrected chi connectivity index (χ3v) is 1.87. The lowest BCUT2D eigenvalue weighted by molar-refractivity contribution is -0.141. The Morgan fingerprint density at radius 2 is 1.87 bits per heavy atom. The number of rotatable bonds is 1. The maximum absolute atomic E-state index is 12.4. The van der Waals surface area contributed by atoms with E-state index in [4.69, 9.17) is 5.11 Å². The van der Waals surface area contributed by atoms with Crippen molar-refractivity contribution >= 4 is 5.97 Å². The Bertz CT molecular complexity index is 413. The van der Waals surface area contributed by atoms with E-state index in [9.17, 15) is 18.0 Å². The number of hydrogen-bond donors (Lipinski definition) is 1. The lowest BCUT2D eigenvalue weighted by Gasteiger charge is -2.11. The van der Waals surface area contributed by atoms with Crippen LogP contribution in [0.4, 0.5) is 13.2 Å². The average molecular weight is 219 g/mol. The van der Waals surface area contributed by atoms with Crippen molar-refractivity contribution < 1.29 is 23.1 Å². The molecule has 0 saturated carbocycles. The van der Waals surface area contributed by atoms with E-state index in [1.807, 2.05) is 0 Å². The number of nitrogens with zero attached hydrogens (tertiary/aromatic N) is 1. The highest BCUT2D eigenvalue weighted by atomic mass is 19.4. The number of pyridine rings is 1. The molecule has 0 amide bonds. The predicted octanol–water partition coefficient (Wildman–Crippen LogP) is 2.42. The summed E-state index contributed by atoms with van der Waals surface area (Å²) < 4.78 is 37.1. The molecule has 0 atom stereocenters. The molecule has 0 aromatic carbocycles. The van der Waals surface area contributed by atoms with Crippen LogP contribution in [0, 0.1) is 13.8 Å². The molecule has 1 heterocycles. The molecule has 1 aromatic rings. The fourth-order valence-electron chi connectivity index (χ4n) is 1.25. The van der Waals surface area contributed by atoms with Gasteiger partial charge in [-0.15, -0.1) is 0 Å². The Morgan fingerprint density at radius 3 is 2.27 bits per heavy atom. The monoisotopic (exact) mass is 219 g/mol. The fraction of sp³-hybridized carbons (Fsp3) is 0.333. The molecular weight excluding hydrogens is 211 g/mol. The van der Waals surface area contributed by atoms with Crippen LogP contribution in [0.25, 0.3) is 0 Å². The molecule has 0 bridgehead atoms. The third-order valence-electron chi connectivity index (χ3n) is 1.87. The number of carbonyl (C=O) groups is 1. The molecule has 0 radical (unpaired) electrons. The SMILES string of the molecule is Cc1cc(C)c(C(F)(F)F)nc1C(=O)O. The summed E-state index contributed by atoms with van der Waals surface area (Å²) in [6.45, 7) is 2.65. The first-order valence-electron chi connectivity index (χ1n) is 4.02. The highest BCUT2D eigenvalue weighted by Crippen LogP contribution is 2.30. The lowest BCUT2D eigenvalue weighted by atomic mass is 10.1. The van der Waals surface area contributed by atoms with Crippen LogP contribution in [0.2, 0.25) is 0 Å². The Labute approximate surface area is 83.6 Å². The van der Waals surface area contributed by atoms with Gasteiger partial charge in [-0.05, 0) is 25.0 Å². The summed E-state index contributed by atoms with van der Waals surface area (Å²) in [4.78, 5) is 13.7. The average Bonchev–Trinajstić information content (AvgIpc) is 2.00. The van der Waals surface area contributed by atoms with Gasteiger partial charge in [0, 0.05) is 0 Å². The highest BCUT2D eigenvalue weighted by Gasteiger charge is 2.35. The zero-order chi connectivity index (χ0) is 11.8. The first-order chi connectivity index (χ1) is 6.73. The van der Waals surface area contributed by atoms with E-state index in [1.165, 1.54) is 19.9 Å². The van der Waals surface area contributed by atoms with Crippen LogP contribution in [-0.4, -0.2) is 16.1 Å². The molecular formula is C9H8F3NO2. The fourth-order valence-corrected chi connectivity index (χ4v) is 1.25. The van der Waals surface area contributed by atoms with Crippen LogP contribution in [0.5, 0.6) is 0 Å². The van der Waals surface area contributed by atoms with Crippen LogP contribution >= 0.6 is 0 Å². The summed E-state index contributed by atoms with van der Waals surface area (Å²) in [5.41, 5.74) is -1.57. The van der Waals surface area contributed by atoms with E-state index in [0.29, 0.717) is 0 Å². The largest absolute Gasteiger partial charge is 0.477 e. The summed E-state index contributed by atoms with van der Waals surface area (Å²) in [5, 5.41) is 8.62. The first-order valence-corrected chi connectivity index (χ1v) is 4.02. The number of alkyl halides is 3. The van der Waals surface area contributed by atoms with Crippen LogP contribution in [0.1, 0.15) is 27.3 Å². The van der Waals surface area contributed by atoms with Gasteiger partial charge < -0.3 is 5.11 Å². The van der Waals surface area contributed by atoms with Gasteiger partial charge in [0.25, 0.3) is 0 Å². The summed E-state index contributed by atoms with van der Waals surface area (Å²) in [6, 6.07) is 1.17. The minimum absolute atomic E-state index is 0.0787. The maximum Gasteiger partial charge on any atom is 0.433 e. The van der Waals surface area contributed by atoms with Crippen LogP contribution in [-0.2, 0) is 6.18 Å². The number of halogens is 3.